The Bertz CT molecular complexity index is 1210. The van der Waals surface area contributed by atoms with Crippen LogP contribution >= 0.6 is 0 Å². The van der Waals surface area contributed by atoms with Crippen molar-refractivity contribution in [2.45, 2.75) is 31.4 Å². The highest BCUT2D eigenvalue weighted by molar-refractivity contribution is 6.06. The Labute approximate surface area is 184 Å². The van der Waals surface area contributed by atoms with Crippen LogP contribution in [0.2, 0.25) is 0 Å². The van der Waals surface area contributed by atoms with Crippen molar-refractivity contribution in [2.75, 3.05) is 19.6 Å². The standard InChI is InChI=1S/C23H23N5O4/c29-21-18-8-2-1-7-17(18)20(25-26-21)23(31)28-14-16(32-15-6-5-9-24-13-15)12-19(28)22(30)27-10-3-4-11-27/h1-2,5-9,13,16,19H,3-4,10-12,14H2,(H,26,29)/t16-,19-/m0/s1. The minimum absolute atomic E-state index is 0.0677. The number of nitrogens with one attached hydrogen (secondary N) is 1. The smallest absolute Gasteiger partial charge is 0.275 e. The predicted octanol–water partition coefficient (Wildman–Crippen LogP) is 1.60. The number of aromatic nitrogens is 3. The number of benzene rings is 1. The predicted molar refractivity (Wildman–Crippen MR) is 116 cm³/mol. The van der Waals surface area contributed by atoms with Crippen LogP contribution in [0.15, 0.2) is 53.6 Å². The zero-order chi connectivity index (χ0) is 22.1. The van der Waals surface area contributed by atoms with Crippen molar-refractivity contribution in [3.63, 3.8) is 0 Å². The molecular weight excluding hydrogens is 410 g/mol. The molecule has 2 fully saturated rings. The molecule has 2 aliphatic heterocycles. The van der Waals surface area contributed by atoms with E-state index in [2.05, 4.69) is 15.2 Å². The van der Waals surface area contributed by atoms with E-state index in [1.54, 1.807) is 48.8 Å². The monoisotopic (exact) mass is 433 g/mol. The Hall–Kier alpha value is -3.75. The molecule has 1 aromatic carbocycles. The lowest BCUT2D eigenvalue weighted by molar-refractivity contribution is -0.134. The van der Waals surface area contributed by atoms with Crippen molar-refractivity contribution in [1.82, 2.24) is 25.0 Å². The minimum Gasteiger partial charge on any atom is -0.487 e. The highest BCUT2D eigenvalue weighted by Crippen LogP contribution is 2.28. The zero-order valence-corrected chi connectivity index (χ0v) is 17.4. The largest absolute Gasteiger partial charge is 0.487 e. The number of amides is 2. The third-order valence-electron chi connectivity index (χ3n) is 6.06. The summed E-state index contributed by atoms with van der Waals surface area (Å²) in [6.45, 7) is 1.64. The molecule has 2 atom stereocenters. The Morgan fingerprint density at radius 1 is 1.06 bits per heavy atom. The lowest BCUT2D eigenvalue weighted by atomic mass is 10.1. The number of pyridine rings is 1. The van der Waals surface area contributed by atoms with Crippen molar-refractivity contribution in [2.24, 2.45) is 0 Å². The molecule has 2 saturated heterocycles. The first-order chi connectivity index (χ1) is 15.6. The van der Waals surface area contributed by atoms with Gasteiger partial charge in [-0.25, -0.2) is 5.10 Å². The average Bonchev–Trinajstić information content (AvgIpc) is 3.50. The first-order valence-corrected chi connectivity index (χ1v) is 10.8. The van der Waals surface area contributed by atoms with Gasteiger partial charge < -0.3 is 14.5 Å². The lowest BCUT2D eigenvalue weighted by Crippen LogP contribution is -2.47. The number of aromatic amines is 1. The highest BCUT2D eigenvalue weighted by Gasteiger charge is 2.43. The molecule has 32 heavy (non-hydrogen) atoms. The third kappa shape index (κ3) is 3.70. The summed E-state index contributed by atoms with van der Waals surface area (Å²) in [7, 11) is 0. The van der Waals surface area contributed by atoms with Gasteiger partial charge in [0, 0.05) is 31.1 Å². The summed E-state index contributed by atoms with van der Waals surface area (Å²) in [5.41, 5.74) is -0.234. The maximum absolute atomic E-state index is 13.6. The number of carbonyl (C=O) groups excluding carboxylic acids is 2. The van der Waals surface area contributed by atoms with Gasteiger partial charge in [0.25, 0.3) is 11.5 Å². The van der Waals surface area contributed by atoms with Gasteiger partial charge in [-0.3, -0.25) is 19.4 Å². The van der Waals surface area contributed by atoms with Crippen molar-refractivity contribution < 1.29 is 14.3 Å². The molecule has 0 aliphatic carbocycles. The number of rotatable bonds is 4. The Balaban J connectivity index is 1.47. The summed E-state index contributed by atoms with van der Waals surface area (Å²) < 4.78 is 6.04. The van der Waals surface area contributed by atoms with Gasteiger partial charge in [-0.05, 0) is 31.0 Å². The molecule has 2 aliphatic rings. The van der Waals surface area contributed by atoms with E-state index in [9.17, 15) is 14.4 Å². The van der Waals surface area contributed by atoms with Gasteiger partial charge in [-0.15, -0.1) is 0 Å². The van der Waals surface area contributed by atoms with E-state index in [0.29, 0.717) is 36.0 Å². The van der Waals surface area contributed by atoms with Crippen molar-refractivity contribution in [3.8, 4) is 5.75 Å². The SMILES string of the molecule is O=C([C@@H]1C[C@H](Oc2cccnc2)CN1C(=O)c1n[nH]c(=O)c2ccccc12)N1CCCC1. The topological polar surface area (TPSA) is 108 Å². The molecule has 9 heteroatoms. The molecule has 1 N–H and O–H groups in total. The van der Waals surface area contributed by atoms with E-state index in [1.165, 1.54) is 4.90 Å². The summed E-state index contributed by atoms with van der Waals surface area (Å²) in [5.74, 6) is 0.126. The molecule has 0 saturated carbocycles. The second kappa shape index (κ2) is 8.41. The van der Waals surface area contributed by atoms with Crippen molar-refractivity contribution in [1.29, 1.82) is 0 Å². The number of hydrogen-bond donors (Lipinski definition) is 1. The average molecular weight is 433 g/mol. The van der Waals surface area contributed by atoms with Gasteiger partial charge in [0.05, 0.1) is 18.1 Å². The second-order valence-electron chi connectivity index (χ2n) is 8.12. The first-order valence-electron chi connectivity index (χ1n) is 10.8. The van der Waals surface area contributed by atoms with Crippen LogP contribution in [0, 0.1) is 0 Å². The fourth-order valence-electron chi connectivity index (χ4n) is 4.51. The van der Waals surface area contributed by atoms with Crippen LogP contribution in [0.5, 0.6) is 5.75 Å². The van der Waals surface area contributed by atoms with E-state index in [-0.39, 0.29) is 29.8 Å². The summed E-state index contributed by atoms with van der Waals surface area (Å²) in [5, 5.41) is 7.30. The molecule has 3 aromatic rings. The number of hydrogen-bond acceptors (Lipinski definition) is 6. The van der Waals surface area contributed by atoms with E-state index < -0.39 is 11.9 Å². The zero-order valence-electron chi connectivity index (χ0n) is 17.4. The van der Waals surface area contributed by atoms with Gasteiger partial charge in [0.15, 0.2) is 5.69 Å². The molecule has 0 spiro atoms. The molecule has 2 amide bonds. The van der Waals surface area contributed by atoms with Gasteiger partial charge in [-0.1, -0.05) is 18.2 Å². The summed E-state index contributed by atoms with van der Waals surface area (Å²) >= 11 is 0. The van der Waals surface area contributed by atoms with Gasteiger partial charge in [0.2, 0.25) is 5.91 Å². The number of likely N-dealkylation sites (tertiary alicyclic amines) is 2. The quantitative estimate of drug-likeness (QED) is 0.670. The van der Waals surface area contributed by atoms with E-state index in [0.717, 1.165) is 12.8 Å². The number of fused-ring (bicyclic) bond motifs is 1. The van der Waals surface area contributed by atoms with Gasteiger partial charge in [-0.2, -0.15) is 5.10 Å². The number of ether oxygens (including phenoxy) is 1. The van der Waals surface area contributed by atoms with Crippen LogP contribution in [0.1, 0.15) is 29.8 Å². The van der Waals surface area contributed by atoms with Gasteiger partial charge >= 0.3 is 0 Å². The molecule has 0 bridgehead atoms. The summed E-state index contributed by atoms with van der Waals surface area (Å²) in [6.07, 6.45) is 5.23. The third-order valence-corrected chi connectivity index (χ3v) is 6.06. The maximum atomic E-state index is 13.6. The van der Waals surface area contributed by atoms with E-state index in [4.69, 9.17) is 4.74 Å². The van der Waals surface area contributed by atoms with Crippen LogP contribution in [0.4, 0.5) is 0 Å². The highest BCUT2D eigenvalue weighted by atomic mass is 16.5. The molecule has 2 aromatic heterocycles. The van der Waals surface area contributed by atoms with Crippen LogP contribution in [0.3, 0.4) is 0 Å². The summed E-state index contributed by atoms with van der Waals surface area (Å²) in [4.78, 5) is 46.5. The normalized spacial score (nSPS) is 20.6. The van der Waals surface area contributed by atoms with Crippen LogP contribution in [-0.4, -0.2) is 68.6 Å². The minimum atomic E-state index is -0.644. The Morgan fingerprint density at radius 2 is 1.84 bits per heavy atom. The van der Waals surface area contributed by atoms with E-state index >= 15 is 0 Å². The molecule has 9 nitrogen and oxygen atoms in total. The molecule has 0 unspecified atom stereocenters. The number of nitrogens with zero attached hydrogens (tertiary/aromatic N) is 4. The Morgan fingerprint density at radius 3 is 2.59 bits per heavy atom. The van der Waals surface area contributed by atoms with Crippen LogP contribution in [0.25, 0.3) is 10.8 Å². The molecule has 5 rings (SSSR count). The maximum Gasteiger partial charge on any atom is 0.275 e. The van der Waals surface area contributed by atoms with Crippen molar-refractivity contribution in [3.05, 3.63) is 64.8 Å². The van der Waals surface area contributed by atoms with Crippen LogP contribution in [-0.2, 0) is 4.79 Å². The fourth-order valence-corrected chi connectivity index (χ4v) is 4.51. The Kier molecular flexibility index (Phi) is 5.30. The summed E-state index contributed by atoms with van der Waals surface area (Å²) in [6, 6.07) is 9.77. The van der Waals surface area contributed by atoms with Crippen LogP contribution < -0.4 is 10.3 Å². The van der Waals surface area contributed by atoms with E-state index in [1.807, 2.05) is 4.90 Å². The second-order valence-corrected chi connectivity index (χ2v) is 8.12. The van der Waals surface area contributed by atoms with Gasteiger partial charge in [0.1, 0.15) is 17.9 Å². The first kappa shape index (κ1) is 20.2. The number of carbonyl (C=O) groups is 2. The molecule has 0 radical (unpaired) electrons. The molecule has 164 valence electrons. The molecule has 4 heterocycles. The number of H-pyrrole nitrogens is 1. The lowest BCUT2D eigenvalue weighted by Gasteiger charge is -2.27. The van der Waals surface area contributed by atoms with Crippen molar-refractivity contribution >= 4 is 22.6 Å². The molecular formula is C23H23N5O4. The fraction of sp³-hybridized carbons (Fsp3) is 0.348.